The Morgan fingerprint density at radius 1 is 0.824 bits per heavy atom. The molecule has 0 amide bonds. The smallest absolute Gasteiger partial charge is 0.377 e. The fourth-order valence-corrected chi connectivity index (χ4v) is 0.600. The molecule has 1 aromatic rings. The van der Waals surface area contributed by atoms with Crippen molar-refractivity contribution in [2.75, 3.05) is 0 Å². The number of halogens is 7. The third kappa shape index (κ3) is 6.77. The summed E-state index contributed by atoms with van der Waals surface area (Å²) in [4.78, 5) is 0. The Kier molecular flexibility index (Phi) is 5.40. The van der Waals surface area contributed by atoms with Crippen molar-refractivity contribution in [1.29, 1.82) is 0 Å². The molecule has 1 N–H and O–H groups in total. The maximum Gasteiger partial charge on any atom is 0.423 e. The Hall–Kier alpha value is -1.31. The van der Waals surface area contributed by atoms with Gasteiger partial charge in [0.1, 0.15) is 5.82 Å². The summed E-state index contributed by atoms with van der Waals surface area (Å²) in [7, 11) is 0. The molecule has 0 aliphatic carbocycles. The van der Waals surface area contributed by atoms with E-state index in [9.17, 15) is 30.7 Å². The highest BCUT2D eigenvalue weighted by Crippen LogP contribution is 2.32. The van der Waals surface area contributed by atoms with Crippen molar-refractivity contribution in [2.45, 2.75) is 18.5 Å². The van der Waals surface area contributed by atoms with Gasteiger partial charge in [0.2, 0.25) is 6.10 Å². The largest absolute Gasteiger partial charge is 0.423 e. The van der Waals surface area contributed by atoms with Crippen LogP contribution in [0.3, 0.4) is 0 Å². The molecule has 0 aliphatic rings. The van der Waals surface area contributed by atoms with E-state index in [1.54, 1.807) is 18.2 Å². The van der Waals surface area contributed by atoms with E-state index >= 15 is 0 Å². The van der Waals surface area contributed by atoms with Crippen molar-refractivity contribution >= 4 is 0 Å². The molecule has 8 heteroatoms. The second kappa shape index (κ2) is 5.85. The maximum absolute atomic E-state index is 11.9. The van der Waals surface area contributed by atoms with E-state index in [1.165, 1.54) is 12.1 Å². The molecular weight excluding hydrogens is 257 g/mol. The number of hydrogen-bond acceptors (Lipinski definition) is 1. The zero-order valence-corrected chi connectivity index (χ0v) is 8.06. The first-order valence-corrected chi connectivity index (χ1v) is 4.07. The van der Waals surface area contributed by atoms with Crippen molar-refractivity contribution < 1.29 is 35.8 Å². The Bertz CT molecular complexity index is 302. The van der Waals surface area contributed by atoms with E-state index in [0.29, 0.717) is 0 Å². The summed E-state index contributed by atoms with van der Waals surface area (Å²) in [6, 6.07) is 7.94. The topological polar surface area (TPSA) is 20.2 Å². The van der Waals surface area contributed by atoms with Gasteiger partial charge < -0.3 is 5.11 Å². The van der Waals surface area contributed by atoms with Gasteiger partial charge in [-0.2, -0.15) is 26.3 Å². The lowest BCUT2D eigenvalue weighted by Crippen LogP contribution is -2.41. The molecule has 0 saturated carbocycles. The fraction of sp³-hybridized carbons (Fsp3) is 0.333. The van der Waals surface area contributed by atoms with Crippen LogP contribution >= 0.6 is 0 Å². The summed E-state index contributed by atoms with van der Waals surface area (Å²) in [6.07, 6.45) is -15.5. The third-order valence-electron chi connectivity index (χ3n) is 1.35. The molecule has 1 rings (SSSR count). The second-order valence-corrected chi connectivity index (χ2v) is 2.78. The number of rotatable bonds is 0. The quantitative estimate of drug-likeness (QED) is 0.713. The zero-order chi connectivity index (χ0) is 13.7. The molecule has 0 bridgehead atoms. The van der Waals surface area contributed by atoms with Crippen LogP contribution in [0.2, 0.25) is 0 Å². The second-order valence-electron chi connectivity index (χ2n) is 2.78. The molecule has 0 fully saturated rings. The van der Waals surface area contributed by atoms with Crippen LogP contribution in [0.25, 0.3) is 0 Å². The molecule has 0 spiro atoms. The van der Waals surface area contributed by atoms with Crippen molar-refractivity contribution in [1.82, 2.24) is 0 Å². The Labute approximate surface area is 91.5 Å². The highest BCUT2D eigenvalue weighted by atomic mass is 19.4. The number of hydrogen-bond donors (Lipinski definition) is 1. The minimum Gasteiger partial charge on any atom is -0.377 e. The van der Waals surface area contributed by atoms with Crippen LogP contribution in [0.5, 0.6) is 0 Å². The number of aliphatic hydroxyl groups is 1. The molecular formula is C9H7F7O. The first-order chi connectivity index (χ1) is 7.55. The van der Waals surface area contributed by atoms with E-state index in [1.807, 2.05) is 0 Å². The molecule has 1 nitrogen and oxygen atoms in total. The van der Waals surface area contributed by atoms with Crippen LogP contribution in [0, 0.1) is 5.82 Å². The predicted molar refractivity (Wildman–Crippen MR) is 44.5 cm³/mol. The number of benzene rings is 1. The predicted octanol–water partition coefficient (Wildman–Crippen LogP) is 3.30. The molecule has 1 aromatic carbocycles. The summed E-state index contributed by atoms with van der Waals surface area (Å²) in [6.45, 7) is 0. The molecule has 17 heavy (non-hydrogen) atoms. The number of alkyl halides is 6. The van der Waals surface area contributed by atoms with Gasteiger partial charge in [-0.15, -0.1) is 0 Å². The van der Waals surface area contributed by atoms with E-state index < -0.39 is 18.5 Å². The Morgan fingerprint density at radius 3 is 1.29 bits per heavy atom. The van der Waals surface area contributed by atoms with Crippen molar-refractivity contribution in [3.8, 4) is 0 Å². The zero-order valence-electron chi connectivity index (χ0n) is 8.06. The van der Waals surface area contributed by atoms with E-state index in [0.717, 1.165) is 0 Å². The van der Waals surface area contributed by atoms with Gasteiger partial charge in [-0.25, -0.2) is 4.39 Å². The average molecular weight is 264 g/mol. The van der Waals surface area contributed by atoms with Gasteiger partial charge in [-0.05, 0) is 12.1 Å². The summed E-state index contributed by atoms with van der Waals surface area (Å²) in [5.74, 6) is -0.178. The van der Waals surface area contributed by atoms with E-state index in [4.69, 9.17) is 5.11 Å². The van der Waals surface area contributed by atoms with Gasteiger partial charge in [0, 0.05) is 0 Å². The minimum atomic E-state index is -5.63. The van der Waals surface area contributed by atoms with Crippen LogP contribution in [-0.2, 0) is 0 Å². The van der Waals surface area contributed by atoms with Gasteiger partial charge in [0.05, 0.1) is 0 Å². The standard InChI is InChI=1S/C6H5F.C3H2F6O/c7-6-4-2-1-3-5-6;4-2(5,6)1(10)3(7,8)9/h1-5H;1,10H. The van der Waals surface area contributed by atoms with Crippen LogP contribution in [0.1, 0.15) is 0 Å². The Morgan fingerprint density at radius 2 is 1.18 bits per heavy atom. The first-order valence-electron chi connectivity index (χ1n) is 4.07. The lowest BCUT2D eigenvalue weighted by Gasteiger charge is -2.16. The molecule has 0 radical (unpaired) electrons. The molecule has 0 atom stereocenters. The lowest BCUT2D eigenvalue weighted by atomic mass is 10.3. The van der Waals surface area contributed by atoms with Crippen molar-refractivity contribution in [2.24, 2.45) is 0 Å². The highest BCUT2D eigenvalue weighted by molar-refractivity contribution is 5.02. The van der Waals surface area contributed by atoms with Crippen LogP contribution in [-0.4, -0.2) is 23.6 Å². The number of aliphatic hydroxyl groups excluding tert-OH is 1. The summed E-state index contributed by atoms with van der Waals surface area (Å²) in [5, 5.41) is 7.47. The third-order valence-corrected chi connectivity index (χ3v) is 1.35. The Balaban J connectivity index is 0.000000318. The van der Waals surface area contributed by atoms with E-state index in [2.05, 4.69) is 0 Å². The van der Waals surface area contributed by atoms with Crippen molar-refractivity contribution in [3.63, 3.8) is 0 Å². The molecule has 0 aromatic heterocycles. The van der Waals surface area contributed by atoms with E-state index in [-0.39, 0.29) is 5.82 Å². The van der Waals surface area contributed by atoms with Crippen LogP contribution < -0.4 is 0 Å². The molecule has 0 unspecified atom stereocenters. The van der Waals surface area contributed by atoms with Gasteiger partial charge in [0.25, 0.3) is 0 Å². The molecule has 98 valence electrons. The average Bonchev–Trinajstić information content (AvgIpc) is 2.16. The van der Waals surface area contributed by atoms with Crippen LogP contribution in [0.15, 0.2) is 30.3 Å². The highest BCUT2D eigenvalue weighted by Gasteiger charge is 2.55. The van der Waals surface area contributed by atoms with Crippen molar-refractivity contribution in [3.05, 3.63) is 36.1 Å². The molecule has 0 heterocycles. The lowest BCUT2D eigenvalue weighted by molar-refractivity contribution is -0.308. The normalized spacial score (nSPS) is 12.1. The summed E-state index contributed by atoms with van der Waals surface area (Å²) < 4.78 is 77.8. The summed E-state index contributed by atoms with van der Waals surface area (Å²) >= 11 is 0. The van der Waals surface area contributed by atoms with Gasteiger partial charge in [-0.1, -0.05) is 18.2 Å². The summed E-state index contributed by atoms with van der Waals surface area (Å²) in [5.41, 5.74) is 0. The van der Waals surface area contributed by atoms with Gasteiger partial charge in [-0.3, -0.25) is 0 Å². The molecule has 0 saturated heterocycles. The van der Waals surface area contributed by atoms with Crippen LogP contribution in [0.4, 0.5) is 30.7 Å². The SMILES string of the molecule is Fc1ccccc1.OC(C(F)(F)F)C(F)(F)F. The minimum absolute atomic E-state index is 0.178. The maximum atomic E-state index is 11.9. The van der Waals surface area contributed by atoms with Gasteiger partial charge in [0.15, 0.2) is 0 Å². The van der Waals surface area contributed by atoms with Gasteiger partial charge >= 0.3 is 12.4 Å². The first kappa shape index (κ1) is 15.7. The fourth-order valence-electron chi connectivity index (χ4n) is 0.600. The monoisotopic (exact) mass is 264 g/mol. The molecule has 0 aliphatic heterocycles.